The molecule has 72 valence electrons. The van der Waals surface area contributed by atoms with E-state index in [2.05, 4.69) is 0 Å². The Morgan fingerprint density at radius 3 is 2.00 bits per heavy atom. The third-order valence-electron chi connectivity index (χ3n) is 1.39. The minimum atomic E-state index is -1.71. The Labute approximate surface area is 74.2 Å². The van der Waals surface area contributed by atoms with Gasteiger partial charge in [0.15, 0.2) is 6.29 Å². The van der Waals surface area contributed by atoms with Crippen molar-refractivity contribution in [1.82, 2.24) is 0 Å². The van der Waals surface area contributed by atoms with E-state index in [1.54, 1.807) is 0 Å². The molecule has 0 aromatic carbocycles. The lowest BCUT2D eigenvalue weighted by molar-refractivity contribution is -0.132. The number of aliphatic hydroxyl groups is 4. The Balaban J connectivity index is 4.07. The van der Waals surface area contributed by atoms with Gasteiger partial charge in [0.05, 0.1) is 12.0 Å². The average molecular weight is 199 g/mol. The van der Waals surface area contributed by atoms with Crippen molar-refractivity contribution < 1.29 is 25.2 Å². The summed E-state index contributed by atoms with van der Waals surface area (Å²) < 4.78 is 0. The number of rotatable bonds is 5. The molecule has 4 N–H and O–H groups in total. The van der Waals surface area contributed by atoms with Crippen LogP contribution in [0.1, 0.15) is 0 Å². The van der Waals surface area contributed by atoms with Crippen LogP contribution in [0, 0.1) is 0 Å². The monoisotopic (exact) mass is 198 g/mol. The maximum atomic E-state index is 9.93. The van der Waals surface area contributed by atoms with Crippen LogP contribution < -0.4 is 0 Å². The SMILES string of the molecule is O=C[C@@H](O)[C@@H](O)[C@H](O)[C@H](O)CCl. The van der Waals surface area contributed by atoms with Gasteiger partial charge in [-0.1, -0.05) is 0 Å². The molecule has 5 nitrogen and oxygen atoms in total. The van der Waals surface area contributed by atoms with Crippen molar-refractivity contribution in [2.24, 2.45) is 0 Å². The fourth-order valence-corrected chi connectivity index (χ4v) is 0.784. The molecule has 0 bridgehead atoms. The van der Waals surface area contributed by atoms with Crippen molar-refractivity contribution in [3.8, 4) is 0 Å². The highest BCUT2D eigenvalue weighted by Crippen LogP contribution is 2.04. The zero-order valence-corrected chi connectivity index (χ0v) is 6.92. The first-order valence-electron chi connectivity index (χ1n) is 3.28. The standard InChI is InChI=1S/C6H11ClO5/c7-1-3(9)5(11)6(12)4(10)2-8/h2-6,9-12H,1H2/t3-,4-,5-,6-/m1/s1. The molecular formula is C6H11ClO5. The Kier molecular flexibility index (Phi) is 5.36. The first kappa shape index (κ1) is 11.8. The largest absolute Gasteiger partial charge is 0.389 e. The van der Waals surface area contributed by atoms with Crippen molar-refractivity contribution in [2.75, 3.05) is 5.88 Å². The smallest absolute Gasteiger partial charge is 0.151 e. The van der Waals surface area contributed by atoms with Gasteiger partial charge in [0.2, 0.25) is 0 Å². The van der Waals surface area contributed by atoms with Gasteiger partial charge < -0.3 is 25.2 Å². The zero-order valence-electron chi connectivity index (χ0n) is 6.17. The molecule has 0 radical (unpaired) electrons. The lowest BCUT2D eigenvalue weighted by Crippen LogP contribution is -2.45. The molecule has 0 aliphatic carbocycles. The van der Waals surface area contributed by atoms with E-state index in [0.29, 0.717) is 0 Å². The third kappa shape index (κ3) is 3.04. The van der Waals surface area contributed by atoms with Gasteiger partial charge in [0.25, 0.3) is 0 Å². The van der Waals surface area contributed by atoms with E-state index in [9.17, 15) is 4.79 Å². The van der Waals surface area contributed by atoms with Crippen LogP contribution in [0.4, 0.5) is 0 Å². The molecule has 12 heavy (non-hydrogen) atoms. The van der Waals surface area contributed by atoms with Crippen molar-refractivity contribution in [3.63, 3.8) is 0 Å². The summed E-state index contributed by atoms with van der Waals surface area (Å²) in [6, 6.07) is 0. The van der Waals surface area contributed by atoms with E-state index in [0.717, 1.165) is 0 Å². The lowest BCUT2D eigenvalue weighted by atomic mass is 10.1. The van der Waals surface area contributed by atoms with Gasteiger partial charge in [-0.2, -0.15) is 0 Å². The van der Waals surface area contributed by atoms with Crippen molar-refractivity contribution in [2.45, 2.75) is 24.4 Å². The quantitative estimate of drug-likeness (QED) is 0.299. The number of halogens is 1. The Hall–Kier alpha value is -0.200. The van der Waals surface area contributed by atoms with E-state index in [-0.39, 0.29) is 12.2 Å². The summed E-state index contributed by atoms with van der Waals surface area (Å²) in [5.74, 6) is -0.288. The van der Waals surface area contributed by atoms with Gasteiger partial charge in [0.1, 0.15) is 18.3 Å². The second-order valence-corrected chi connectivity index (χ2v) is 2.64. The predicted octanol–water partition coefficient (Wildman–Crippen LogP) is -2.13. The lowest BCUT2D eigenvalue weighted by Gasteiger charge is -2.22. The van der Waals surface area contributed by atoms with Gasteiger partial charge in [-0.25, -0.2) is 0 Å². The van der Waals surface area contributed by atoms with E-state index in [1.165, 1.54) is 0 Å². The molecule has 0 heterocycles. The van der Waals surface area contributed by atoms with E-state index >= 15 is 0 Å². The summed E-state index contributed by atoms with van der Waals surface area (Å²) in [4.78, 5) is 9.93. The Morgan fingerprint density at radius 1 is 1.17 bits per heavy atom. The summed E-state index contributed by atoms with van der Waals surface area (Å²) >= 11 is 5.15. The molecule has 0 fully saturated rings. The molecule has 0 saturated carbocycles. The minimum absolute atomic E-state index is 0.0643. The third-order valence-corrected chi connectivity index (χ3v) is 1.71. The number of aldehydes is 1. The number of hydrogen-bond donors (Lipinski definition) is 4. The number of carbonyl (C=O) groups excluding carboxylic acids is 1. The van der Waals surface area contributed by atoms with Crippen LogP contribution in [0.25, 0.3) is 0 Å². The molecule has 0 rings (SSSR count). The molecule has 0 saturated heterocycles. The molecule has 4 atom stereocenters. The van der Waals surface area contributed by atoms with Crippen LogP contribution in [0.2, 0.25) is 0 Å². The van der Waals surface area contributed by atoms with Crippen LogP contribution in [0.3, 0.4) is 0 Å². The van der Waals surface area contributed by atoms with Gasteiger partial charge in [0, 0.05) is 0 Å². The van der Waals surface area contributed by atoms with Crippen LogP contribution in [-0.4, -0.2) is 57.0 Å². The Morgan fingerprint density at radius 2 is 1.67 bits per heavy atom. The fourth-order valence-electron chi connectivity index (χ4n) is 0.601. The normalized spacial score (nSPS) is 21.1. The molecule has 0 aromatic heterocycles. The van der Waals surface area contributed by atoms with Gasteiger partial charge >= 0.3 is 0 Å². The zero-order chi connectivity index (χ0) is 9.72. The summed E-state index contributed by atoms with van der Waals surface area (Å²) in [5.41, 5.74) is 0. The number of hydrogen-bond acceptors (Lipinski definition) is 5. The maximum absolute atomic E-state index is 9.93. The van der Waals surface area contributed by atoms with Crippen LogP contribution >= 0.6 is 11.6 Å². The van der Waals surface area contributed by atoms with E-state index in [4.69, 9.17) is 32.0 Å². The van der Waals surface area contributed by atoms with Crippen molar-refractivity contribution >= 4 is 17.9 Å². The molecule has 0 aromatic rings. The Bertz CT molecular complexity index is 142. The highest BCUT2D eigenvalue weighted by molar-refractivity contribution is 6.18. The van der Waals surface area contributed by atoms with E-state index in [1.807, 2.05) is 0 Å². The van der Waals surface area contributed by atoms with Gasteiger partial charge in [-0.15, -0.1) is 11.6 Å². The maximum Gasteiger partial charge on any atom is 0.151 e. The second-order valence-electron chi connectivity index (χ2n) is 2.33. The molecule has 0 amide bonds. The summed E-state index contributed by atoms with van der Waals surface area (Å²) in [6.07, 6.45) is -6.34. The first-order valence-corrected chi connectivity index (χ1v) is 3.81. The highest BCUT2D eigenvalue weighted by Gasteiger charge is 2.29. The first-order chi connectivity index (χ1) is 5.54. The van der Waals surface area contributed by atoms with E-state index < -0.39 is 24.4 Å². The van der Waals surface area contributed by atoms with Crippen molar-refractivity contribution in [1.29, 1.82) is 0 Å². The van der Waals surface area contributed by atoms with Crippen LogP contribution in [0.15, 0.2) is 0 Å². The van der Waals surface area contributed by atoms with Crippen molar-refractivity contribution in [3.05, 3.63) is 0 Å². The molecule has 0 unspecified atom stereocenters. The fraction of sp³-hybridized carbons (Fsp3) is 0.833. The molecule has 0 aliphatic rings. The molecule has 0 aliphatic heterocycles. The average Bonchev–Trinajstić information content (AvgIpc) is 2.12. The predicted molar refractivity (Wildman–Crippen MR) is 40.8 cm³/mol. The van der Waals surface area contributed by atoms with Gasteiger partial charge in [-0.3, -0.25) is 0 Å². The molecule has 6 heteroatoms. The second kappa shape index (κ2) is 5.45. The number of carbonyl (C=O) groups is 1. The van der Waals surface area contributed by atoms with Crippen LogP contribution in [0.5, 0.6) is 0 Å². The minimum Gasteiger partial charge on any atom is -0.389 e. The summed E-state index contributed by atoms with van der Waals surface area (Å²) in [5, 5.41) is 35.5. The van der Waals surface area contributed by atoms with Gasteiger partial charge in [-0.05, 0) is 0 Å². The number of aliphatic hydroxyl groups excluding tert-OH is 4. The summed E-state index contributed by atoms with van der Waals surface area (Å²) in [7, 11) is 0. The highest BCUT2D eigenvalue weighted by atomic mass is 35.5. The molecule has 0 spiro atoms. The number of alkyl halides is 1. The summed E-state index contributed by atoms with van der Waals surface area (Å²) in [6.45, 7) is 0. The van der Waals surface area contributed by atoms with Crippen LogP contribution in [-0.2, 0) is 4.79 Å². The molecular weight excluding hydrogens is 188 g/mol. The topological polar surface area (TPSA) is 98.0 Å².